The molecule has 0 fully saturated rings. The predicted molar refractivity (Wildman–Crippen MR) is 103 cm³/mol. The van der Waals surface area contributed by atoms with Gasteiger partial charge >= 0.3 is 6.03 Å². The Labute approximate surface area is 155 Å². The fraction of sp³-hybridized carbons (Fsp3) is 0.167. The molecule has 134 valence electrons. The number of nitrogens with one attached hydrogen (secondary N) is 3. The van der Waals surface area contributed by atoms with E-state index in [1.54, 1.807) is 17.4 Å². The Morgan fingerprint density at radius 3 is 2.77 bits per heavy atom. The minimum absolute atomic E-state index is 0.147. The van der Waals surface area contributed by atoms with Crippen molar-refractivity contribution in [2.45, 2.75) is 13.0 Å². The summed E-state index contributed by atoms with van der Waals surface area (Å²) in [6, 6.07) is 10.9. The molecule has 0 spiro atoms. The predicted octanol–water partition coefficient (Wildman–Crippen LogP) is 4.28. The van der Waals surface area contributed by atoms with Crippen LogP contribution < -0.4 is 16.0 Å². The van der Waals surface area contributed by atoms with Crippen molar-refractivity contribution in [3.63, 3.8) is 0 Å². The lowest BCUT2D eigenvalue weighted by Gasteiger charge is -2.12. The molecule has 1 unspecified atom stereocenters. The van der Waals surface area contributed by atoms with Crippen LogP contribution in [0.15, 0.2) is 59.0 Å². The van der Waals surface area contributed by atoms with Crippen molar-refractivity contribution < 1.29 is 9.32 Å². The van der Waals surface area contributed by atoms with E-state index in [-0.39, 0.29) is 12.1 Å². The first kappa shape index (κ1) is 17.7. The average Bonchev–Trinajstić information content (AvgIpc) is 3.33. The van der Waals surface area contributed by atoms with E-state index >= 15 is 0 Å². The first-order valence-corrected chi connectivity index (χ1v) is 8.93. The van der Waals surface area contributed by atoms with Crippen LogP contribution in [0.1, 0.15) is 18.9 Å². The van der Waals surface area contributed by atoms with Gasteiger partial charge in [-0.15, -0.1) is 17.9 Å². The van der Waals surface area contributed by atoms with E-state index in [1.165, 1.54) is 0 Å². The van der Waals surface area contributed by atoms with Crippen LogP contribution in [-0.4, -0.2) is 22.7 Å². The smallest absolute Gasteiger partial charge is 0.319 e. The van der Waals surface area contributed by atoms with Gasteiger partial charge in [0.15, 0.2) is 0 Å². The zero-order valence-electron chi connectivity index (χ0n) is 14.2. The maximum Gasteiger partial charge on any atom is 0.319 e. The standard InChI is InChI=1S/C18H19N5O2S/c1-3-10-19-18(24)21-14-8-6-13(7-9-14)20-12(2)17-22-16(23-25-17)15-5-4-11-26-15/h3-9,11-12,20H,1,10H2,2H3,(H2,19,21,24). The van der Waals surface area contributed by atoms with Crippen LogP contribution in [0.5, 0.6) is 0 Å². The van der Waals surface area contributed by atoms with Gasteiger partial charge in [-0.05, 0) is 42.6 Å². The summed E-state index contributed by atoms with van der Waals surface area (Å²) in [5, 5.41) is 14.7. The Bertz CT molecular complexity index is 858. The van der Waals surface area contributed by atoms with E-state index in [0.717, 1.165) is 10.6 Å². The molecule has 8 heteroatoms. The Balaban J connectivity index is 1.58. The first-order chi connectivity index (χ1) is 12.7. The van der Waals surface area contributed by atoms with Gasteiger partial charge in [-0.25, -0.2) is 4.79 Å². The highest BCUT2D eigenvalue weighted by Crippen LogP contribution is 2.25. The molecule has 3 aromatic rings. The molecule has 3 N–H and O–H groups in total. The number of hydrogen-bond donors (Lipinski definition) is 3. The van der Waals surface area contributed by atoms with Crippen LogP contribution in [0, 0.1) is 0 Å². The number of carbonyl (C=O) groups excluding carboxylic acids is 1. The number of amides is 2. The number of urea groups is 1. The monoisotopic (exact) mass is 369 g/mol. The minimum atomic E-state index is -0.272. The number of anilines is 2. The van der Waals surface area contributed by atoms with Gasteiger partial charge in [0.05, 0.1) is 4.88 Å². The van der Waals surface area contributed by atoms with E-state index in [4.69, 9.17) is 4.52 Å². The zero-order valence-corrected chi connectivity index (χ0v) is 15.0. The van der Waals surface area contributed by atoms with Crippen molar-refractivity contribution in [1.82, 2.24) is 15.5 Å². The number of carbonyl (C=O) groups is 1. The van der Waals surface area contributed by atoms with Crippen molar-refractivity contribution in [3.8, 4) is 10.7 Å². The number of hydrogen-bond acceptors (Lipinski definition) is 6. The van der Waals surface area contributed by atoms with Crippen molar-refractivity contribution in [2.75, 3.05) is 17.2 Å². The molecule has 26 heavy (non-hydrogen) atoms. The summed E-state index contributed by atoms with van der Waals surface area (Å²) in [4.78, 5) is 17.0. The Morgan fingerprint density at radius 2 is 2.08 bits per heavy atom. The molecule has 0 bridgehead atoms. The SMILES string of the molecule is C=CCNC(=O)Nc1ccc(NC(C)c2nc(-c3cccs3)no2)cc1. The molecule has 1 aromatic carbocycles. The molecular formula is C18H19N5O2S. The third-order valence-electron chi connectivity index (χ3n) is 3.49. The Kier molecular flexibility index (Phi) is 5.65. The highest BCUT2D eigenvalue weighted by Gasteiger charge is 2.15. The number of benzene rings is 1. The molecule has 0 aliphatic carbocycles. The molecule has 2 heterocycles. The summed E-state index contributed by atoms with van der Waals surface area (Å²) in [5.74, 6) is 1.10. The van der Waals surface area contributed by atoms with E-state index in [9.17, 15) is 4.79 Å². The fourth-order valence-corrected chi connectivity index (χ4v) is 2.87. The van der Waals surface area contributed by atoms with E-state index in [2.05, 4.69) is 32.7 Å². The second-order valence-electron chi connectivity index (χ2n) is 5.50. The van der Waals surface area contributed by atoms with Gasteiger partial charge in [-0.1, -0.05) is 17.3 Å². The molecule has 1 atom stereocenters. The number of thiophene rings is 1. The molecule has 2 amide bonds. The maximum atomic E-state index is 11.6. The van der Waals surface area contributed by atoms with Crippen molar-refractivity contribution in [1.29, 1.82) is 0 Å². The lowest BCUT2D eigenvalue weighted by Crippen LogP contribution is -2.28. The number of rotatable bonds is 7. The fourth-order valence-electron chi connectivity index (χ4n) is 2.22. The topological polar surface area (TPSA) is 92.1 Å². The third kappa shape index (κ3) is 4.48. The highest BCUT2D eigenvalue weighted by atomic mass is 32.1. The molecule has 0 saturated carbocycles. The summed E-state index contributed by atoms with van der Waals surface area (Å²) in [6.45, 7) is 5.91. The Morgan fingerprint density at radius 1 is 1.31 bits per heavy atom. The van der Waals surface area contributed by atoms with Crippen LogP contribution >= 0.6 is 11.3 Å². The van der Waals surface area contributed by atoms with Crippen molar-refractivity contribution in [3.05, 3.63) is 60.3 Å². The third-order valence-corrected chi connectivity index (χ3v) is 4.35. The van der Waals surface area contributed by atoms with E-state index in [1.807, 2.05) is 48.7 Å². The van der Waals surface area contributed by atoms with Crippen LogP contribution in [0.4, 0.5) is 16.2 Å². The van der Waals surface area contributed by atoms with Gasteiger partial charge in [0, 0.05) is 17.9 Å². The summed E-state index contributed by atoms with van der Waals surface area (Å²) in [7, 11) is 0. The molecule has 7 nitrogen and oxygen atoms in total. The molecule has 0 radical (unpaired) electrons. The largest absolute Gasteiger partial charge is 0.374 e. The summed E-state index contributed by atoms with van der Waals surface area (Å²) in [6.07, 6.45) is 1.62. The van der Waals surface area contributed by atoms with E-state index < -0.39 is 0 Å². The number of aromatic nitrogens is 2. The molecule has 0 aliphatic heterocycles. The quantitative estimate of drug-likeness (QED) is 0.541. The van der Waals surface area contributed by atoms with Gasteiger partial charge in [-0.3, -0.25) is 0 Å². The van der Waals surface area contributed by atoms with Crippen molar-refractivity contribution >= 4 is 28.7 Å². The van der Waals surface area contributed by atoms with Gasteiger partial charge in [0.25, 0.3) is 0 Å². The van der Waals surface area contributed by atoms with Gasteiger partial charge in [-0.2, -0.15) is 4.98 Å². The maximum absolute atomic E-state index is 11.6. The molecule has 0 saturated heterocycles. The van der Waals surface area contributed by atoms with Gasteiger partial charge < -0.3 is 20.5 Å². The van der Waals surface area contributed by atoms with Crippen LogP contribution in [0.25, 0.3) is 10.7 Å². The lowest BCUT2D eigenvalue weighted by molar-refractivity contribution is 0.253. The second kappa shape index (κ2) is 8.30. The summed E-state index contributed by atoms with van der Waals surface area (Å²) < 4.78 is 5.35. The normalized spacial score (nSPS) is 11.6. The van der Waals surface area contributed by atoms with E-state index in [0.29, 0.717) is 23.9 Å². The number of nitrogens with zero attached hydrogens (tertiary/aromatic N) is 2. The Hall–Kier alpha value is -3.13. The second-order valence-corrected chi connectivity index (χ2v) is 6.45. The first-order valence-electron chi connectivity index (χ1n) is 8.05. The molecule has 0 aliphatic rings. The summed E-state index contributed by atoms with van der Waals surface area (Å²) >= 11 is 1.57. The molecular weight excluding hydrogens is 350 g/mol. The summed E-state index contributed by atoms with van der Waals surface area (Å²) in [5.41, 5.74) is 1.58. The van der Waals surface area contributed by atoms with Crippen LogP contribution in [0.3, 0.4) is 0 Å². The van der Waals surface area contributed by atoms with Gasteiger partial charge in [0.1, 0.15) is 6.04 Å². The average molecular weight is 369 g/mol. The molecule has 2 aromatic heterocycles. The minimum Gasteiger partial charge on any atom is -0.374 e. The van der Waals surface area contributed by atoms with Gasteiger partial charge in [0.2, 0.25) is 11.7 Å². The zero-order chi connectivity index (χ0) is 18.4. The van der Waals surface area contributed by atoms with Crippen LogP contribution in [-0.2, 0) is 0 Å². The van der Waals surface area contributed by atoms with Crippen molar-refractivity contribution in [2.24, 2.45) is 0 Å². The van der Waals surface area contributed by atoms with Crippen LogP contribution in [0.2, 0.25) is 0 Å². The highest BCUT2D eigenvalue weighted by molar-refractivity contribution is 7.13. The molecule has 3 rings (SSSR count). The lowest BCUT2D eigenvalue weighted by atomic mass is 10.2.